The molecule has 0 bridgehead atoms. The normalized spacial score (nSPS) is 11.6. The third-order valence-electron chi connectivity index (χ3n) is 4.32. The van der Waals surface area contributed by atoms with Gasteiger partial charge in [0, 0.05) is 12.8 Å². The highest BCUT2D eigenvalue weighted by atomic mass is 16.5. The van der Waals surface area contributed by atoms with Crippen molar-refractivity contribution in [2.24, 2.45) is 0 Å². The molecule has 2 aromatic carbocycles. The van der Waals surface area contributed by atoms with E-state index in [9.17, 15) is 19.8 Å². The molecule has 0 aliphatic rings. The summed E-state index contributed by atoms with van der Waals surface area (Å²) >= 11 is 0. The minimum atomic E-state index is -0.784. The van der Waals surface area contributed by atoms with Gasteiger partial charge in [-0.2, -0.15) is 0 Å². The highest BCUT2D eigenvalue weighted by Crippen LogP contribution is 2.13. The third-order valence-corrected chi connectivity index (χ3v) is 4.32. The molecule has 3 N–H and O–H groups in total. The SMILES string of the molecule is CCCCOC(=O)[C@H](Cc1ccc(O)cc1)NC(=O)CCc1ccc(O)cc1. The lowest BCUT2D eigenvalue weighted by atomic mass is 10.0. The van der Waals surface area contributed by atoms with Crippen molar-refractivity contribution in [1.82, 2.24) is 5.32 Å². The number of carbonyl (C=O) groups excluding carboxylic acids is 2. The van der Waals surface area contributed by atoms with Crippen LogP contribution in [0.15, 0.2) is 48.5 Å². The smallest absolute Gasteiger partial charge is 0.328 e. The summed E-state index contributed by atoms with van der Waals surface area (Å²) in [5, 5.41) is 21.5. The van der Waals surface area contributed by atoms with E-state index in [0.29, 0.717) is 13.0 Å². The maximum Gasteiger partial charge on any atom is 0.328 e. The van der Waals surface area contributed by atoms with Gasteiger partial charge in [0.1, 0.15) is 17.5 Å². The van der Waals surface area contributed by atoms with Crippen LogP contribution in [0, 0.1) is 0 Å². The molecule has 0 spiro atoms. The van der Waals surface area contributed by atoms with Crippen molar-refractivity contribution in [3.8, 4) is 11.5 Å². The first-order valence-corrected chi connectivity index (χ1v) is 9.49. The number of benzene rings is 2. The van der Waals surface area contributed by atoms with Crippen LogP contribution < -0.4 is 5.32 Å². The van der Waals surface area contributed by atoms with Crippen LogP contribution in [-0.2, 0) is 27.2 Å². The van der Waals surface area contributed by atoms with E-state index in [1.807, 2.05) is 6.92 Å². The van der Waals surface area contributed by atoms with E-state index in [1.165, 1.54) is 0 Å². The van der Waals surface area contributed by atoms with Crippen LogP contribution >= 0.6 is 0 Å². The molecular formula is C22H27NO5. The van der Waals surface area contributed by atoms with Crippen molar-refractivity contribution < 1.29 is 24.5 Å². The maximum absolute atomic E-state index is 12.4. The minimum absolute atomic E-state index is 0.142. The molecule has 0 saturated carbocycles. The second kappa shape index (κ2) is 11.0. The predicted molar refractivity (Wildman–Crippen MR) is 106 cm³/mol. The molecule has 0 saturated heterocycles. The van der Waals surface area contributed by atoms with Crippen LogP contribution in [0.4, 0.5) is 0 Å². The molecule has 0 aromatic heterocycles. The molecule has 150 valence electrons. The van der Waals surface area contributed by atoms with Gasteiger partial charge in [0.25, 0.3) is 0 Å². The molecule has 6 nitrogen and oxygen atoms in total. The zero-order valence-electron chi connectivity index (χ0n) is 16.1. The van der Waals surface area contributed by atoms with Gasteiger partial charge in [-0.05, 0) is 48.2 Å². The first-order chi connectivity index (χ1) is 13.5. The molecule has 28 heavy (non-hydrogen) atoms. The standard InChI is InChI=1S/C22H27NO5/c1-2-3-14-28-22(27)20(15-17-6-11-19(25)12-7-17)23-21(26)13-8-16-4-9-18(24)10-5-16/h4-7,9-12,20,24-25H,2-3,8,13-15H2,1H3,(H,23,26)/t20-/m0/s1. The molecule has 0 aliphatic carbocycles. The number of hydrogen-bond donors (Lipinski definition) is 3. The van der Waals surface area contributed by atoms with Gasteiger partial charge in [0.05, 0.1) is 6.61 Å². The number of carbonyl (C=O) groups is 2. The van der Waals surface area contributed by atoms with E-state index in [2.05, 4.69) is 5.32 Å². The fraction of sp³-hybridized carbons (Fsp3) is 0.364. The van der Waals surface area contributed by atoms with E-state index in [4.69, 9.17) is 4.74 Å². The molecular weight excluding hydrogens is 358 g/mol. The number of phenols is 2. The fourth-order valence-electron chi connectivity index (χ4n) is 2.67. The zero-order chi connectivity index (χ0) is 20.4. The van der Waals surface area contributed by atoms with E-state index in [1.54, 1.807) is 48.5 Å². The van der Waals surface area contributed by atoms with Gasteiger partial charge in [-0.15, -0.1) is 0 Å². The number of esters is 1. The quantitative estimate of drug-likeness (QED) is 0.431. The van der Waals surface area contributed by atoms with Crippen molar-refractivity contribution in [3.05, 3.63) is 59.7 Å². The van der Waals surface area contributed by atoms with Crippen LogP contribution in [0.2, 0.25) is 0 Å². The highest BCUT2D eigenvalue weighted by molar-refractivity contribution is 5.84. The molecule has 0 unspecified atom stereocenters. The molecule has 0 aliphatic heterocycles. The molecule has 0 fully saturated rings. The van der Waals surface area contributed by atoms with Crippen LogP contribution in [-0.4, -0.2) is 34.7 Å². The number of ether oxygens (including phenoxy) is 1. The largest absolute Gasteiger partial charge is 0.508 e. The number of nitrogens with one attached hydrogen (secondary N) is 1. The number of aryl methyl sites for hydroxylation is 1. The van der Waals surface area contributed by atoms with Crippen molar-refractivity contribution >= 4 is 11.9 Å². The van der Waals surface area contributed by atoms with Crippen molar-refractivity contribution in [2.45, 2.75) is 45.1 Å². The number of aromatic hydroxyl groups is 2. The number of rotatable bonds is 10. The van der Waals surface area contributed by atoms with Gasteiger partial charge in [-0.1, -0.05) is 37.6 Å². The van der Waals surface area contributed by atoms with Gasteiger partial charge in [-0.25, -0.2) is 4.79 Å². The Morgan fingerprint density at radius 2 is 1.54 bits per heavy atom. The van der Waals surface area contributed by atoms with Crippen molar-refractivity contribution in [1.29, 1.82) is 0 Å². The molecule has 0 heterocycles. The average molecular weight is 385 g/mol. The Morgan fingerprint density at radius 1 is 0.964 bits per heavy atom. The topological polar surface area (TPSA) is 95.9 Å². The van der Waals surface area contributed by atoms with E-state index >= 15 is 0 Å². The van der Waals surface area contributed by atoms with E-state index in [-0.39, 0.29) is 30.2 Å². The Hall–Kier alpha value is -3.02. The summed E-state index contributed by atoms with van der Waals surface area (Å²) in [4.78, 5) is 24.8. The molecule has 2 aromatic rings. The lowest BCUT2D eigenvalue weighted by Gasteiger charge is -2.18. The molecule has 0 radical (unpaired) electrons. The first-order valence-electron chi connectivity index (χ1n) is 9.49. The predicted octanol–water partition coefficient (Wildman–Crippen LogP) is 3.10. The number of hydrogen-bond acceptors (Lipinski definition) is 5. The van der Waals surface area contributed by atoms with Crippen molar-refractivity contribution in [3.63, 3.8) is 0 Å². The summed E-state index contributed by atoms with van der Waals surface area (Å²) in [5.74, 6) is -0.385. The maximum atomic E-state index is 12.4. The number of unbranched alkanes of at least 4 members (excludes halogenated alkanes) is 1. The van der Waals surface area contributed by atoms with Crippen LogP contribution in [0.1, 0.15) is 37.3 Å². The van der Waals surface area contributed by atoms with E-state index < -0.39 is 12.0 Å². The second-order valence-electron chi connectivity index (χ2n) is 6.68. The molecule has 1 atom stereocenters. The Kier molecular flexibility index (Phi) is 8.34. The molecule has 1 amide bonds. The summed E-state index contributed by atoms with van der Waals surface area (Å²) in [5.41, 5.74) is 1.74. The van der Waals surface area contributed by atoms with Crippen LogP contribution in [0.3, 0.4) is 0 Å². The number of amides is 1. The van der Waals surface area contributed by atoms with Gasteiger partial charge in [0.2, 0.25) is 5.91 Å². The highest BCUT2D eigenvalue weighted by Gasteiger charge is 2.22. The summed E-state index contributed by atoms with van der Waals surface area (Å²) in [6.07, 6.45) is 2.69. The monoisotopic (exact) mass is 385 g/mol. The Labute approximate surface area is 165 Å². The summed E-state index contributed by atoms with van der Waals surface area (Å²) in [6.45, 7) is 2.33. The zero-order valence-corrected chi connectivity index (χ0v) is 16.1. The van der Waals surface area contributed by atoms with Crippen LogP contribution in [0.5, 0.6) is 11.5 Å². The Balaban J connectivity index is 1.96. The number of phenolic OH excluding ortho intramolecular Hbond substituents is 2. The van der Waals surface area contributed by atoms with Gasteiger partial charge in [-0.3, -0.25) is 4.79 Å². The molecule has 2 rings (SSSR count). The van der Waals surface area contributed by atoms with E-state index in [0.717, 1.165) is 24.0 Å². The fourth-order valence-corrected chi connectivity index (χ4v) is 2.67. The van der Waals surface area contributed by atoms with Crippen molar-refractivity contribution in [2.75, 3.05) is 6.61 Å². The summed E-state index contributed by atoms with van der Waals surface area (Å²) in [7, 11) is 0. The Morgan fingerprint density at radius 3 is 2.11 bits per heavy atom. The Bertz CT molecular complexity index is 756. The van der Waals surface area contributed by atoms with Gasteiger partial charge in [0.15, 0.2) is 0 Å². The summed E-state index contributed by atoms with van der Waals surface area (Å²) in [6, 6.07) is 12.4. The molecule has 6 heteroatoms. The second-order valence-corrected chi connectivity index (χ2v) is 6.68. The van der Waals surface area contributed by atoms with Crippen LogP contribution in [0.25, 0.3) is 0 Å². The third kappa shape index (κ3) is 7.31. The summed E-state index contributed by atoms with van der Waals surface area (Å²) < 4.78 is 5.29. The lowest BCUT2D eigenvalue weighted by Crippen LogP contribution is -2.43. The first kappa shape index (κ1) is 21.3. The average Bonchev–Trinajstić information content (AvgIpc) is 2.69. The lowest BCUT2D eigenvalue weighted by molar-refractivity contribution is -0.148. The van der Waals surface area contributed by atoms with Gasteiger partial charge < -0.3 is 20.3 Å². The minimum Gasteiger partial charge on any atom is -0.508 e. The van der Waals surface area contributed by atoms with Gasteiger partial charge >= 0.3 is 5.97 Å².